The fourth-order valence-electron chi connectivity index (χ4n) is 3.76. The lowest BCUT2D eigenvalue weighted by molar-refractivity contribution is -0.297. The molecule has 1 fully saturated rings. The van der Waals surface area contributed by atoms with Gasteiger partial charge in [-0.05, 0) is 31.0 Å². The SMILES string of the molecule is NNC(=O)C1(c2ccncn2)C(C(=O)c2ccccn2)CCCN1C(=O)OC(F)(F)F. The second kappa shape index (κ2) is 8.63. The number of Topliss-reactive ketones (excluding diaryl/α,β-unsaturated/α-hetero) is 1. The third-order valence-electron chi connectivity index (χ3n) is 4.91. The lowest BCUT2D eigenvalue weighted by Crippen LogP contribution is -2.67. The fraction of sp³-hybridized carbons (Fsp3) is 0.333. The minimum atomic E-state index is -5.31. The molecule has 164 valence electrons. The van der Waals surface area contributed by atoms with Gasteiger partial charge in [0.05, 0.1) is 11.6 Å². The molecule has 3 rings (SSSR count). The maximum Gasteiger partial charge on any atom is 0.576 e. The number of ketones is 1. The number of amides is 2. The van der Waals surface area contributed by atoms with Gasteiger partial charge in [-0.25, -0.2) is 20.6 Å². The maximum absolute atomic E-state index is 13.3. The second-order valence-electron chi connectivity index (χ2n) is 6.57. The smallest absolute Gasteiger partial charge is 0.356 e. The number of pyridine rings is 1. The molecule has 0 spiro atoms. The molecule has 1 aliphatic heterocycles. The number of carbonyl (C=O) groups excluding carboxylic acids is 3. The highest BCUT2D eigenvalue weighted by Crippen LogP contribution is 2.44. The number of hydrazine groups is 1. The average molecular weight is 438 g/mol. The number of hydrogen-bond acceptors (Lipinski definition) is 8. The van der Waals surface area contributed by atoms with Crippen molar-refractivity contribution >= 4 is 17.8 Å². The molecule has 13 heteroatoms. The Bertz CT molecular complexity index is 960. The lowest BCUT2D eigenvalue weighted by atomic mass is 9.70. The molecule has 2 atom stereocenters. The highest BCUT2D eigenvalue weighted by molar-refractivity contribution is 6.03. The van der Waals surface area contributed by atoms with Gasteiger partial charge in [0.25, 0.3) is 5.91 Å². The van der Waals surface area contributed by atoms with E-state index in [4.69, 9.17) is 5.84 Å². The van der Waals surface area contributed by atoms with Gasteiger partial charge in [0.1, 0.15) is 12.0 Å². The van der Waals surface area contributed by atoms with E-state index in [1.54, 1.807) is 6.07 Å². The number of hydrogen-bond donors (Lipinski definition) is 2. The maximum atomic E-state index is 13.3. The van der Waals surface area contributed by atoms with E-state index in [0.717, 1.165) is 6.33 Å². The number of ether oxygens (including phenoxy) is 1. The Labute approximate surface area is 173 Å². The molecule has 1 saturated heterocycles. The third kappa shape index (κ3) is 4.17. The van der Waals surface area contributed by atoms with E-state index < -0.39 is 35.6 Å². The van der Waals surface area contributed by atoms with E-state index in [0.29, 0.717) is 4.90 Å². The van der Waals surface area contributed by atoms with Crippen LogP contribution in [0.3, 0.4) is 0 Å². The number of carbonyl (C=O) groups is 3. The van der Waals surface area contributed by atoms with E-state index >= 15 is 0 Å². The number of nitrogens with two attached hydrogens (primary N) is 1. The zero-order chi connectivity index (χ0) is 22.6. The summed E-state index contributed by atoms with van der Waals surface area (Å²) >= 11 is 0. The number of nitrogens with zero attached hydrogens (tertiary/aromatic N) is 4. The van der Waals surface area contributed by atoms with Crippen molar-refractivity contribution in [2.75, 3.05) is 6.54 Å². The Morgan fingerprint density at radius 2 is 1.97 bits per heavy atom. The first-order valence-electron chi connectivity index (χ1n) is 9.02. The number of nitrogens with one attached hydrogen (secondary N) is 1. The molecule has 0 aliphatic carbocycles. The summed E-state index contributed by atoms with van der Waals surface area (Å²) in [6.07, 6.45) is -3.42. The van der Waals surface area contributed by atoms with E-state index in [2.05, 4.69) is 19.7 Å². The van der Waals surface area contributed by atoms with Crippen molar-refractivity contribution in [1.29, 1.82) is 0 Å². The van der Waals surface area contributed by atoms with E-state index in [1.165, 1.54) is 30.6 Å². The Hall–Kier alpha value is -3.61. The monoisotopic (exact) mass is 438 g/mol. The summed E-state index contributed by atoms with van der Waals surface area (Å²) < 4.78 is 42.0. The molecule has 0 saturated carbocycles. The van der Waals surface area contributed by atoms with Crippen molar-refractivity contribution in [3.63, 3.8) is 0 Å². The summed E-state index contributed by atoms with van der Waals surface area (Å²) in [5.74, 6) is 2.21. The molecule has 0 radical (unpaired) electrons. The first-order chi connectivity index (χ1) is 14.7. The molecule has 3 heterocycles. The van der Waals surface area contributed by atoms with Crippen LogP contribution < -0.4 is 11.3 Å². The van der Waals surface area contributed by atoms with Gasteiger partial charge in [0.2, 0.25) is 0 Å². The van der Waals surface area contributed by atoms with Gasteiger partial charge in [-0.15, -0.1) is 13.2 Å². The first kappa shape index (κ1) is 22.1. The van der Waals surface area contributed by atoms with Gasteiger partial charge < -0.3 is 4.74 Å². The standard InChI is InChI=1S/C18H17F3N6O4/c19-18(20,21)31-16(30)27-9-3-4-11(14(28)12-5-1-2-7-24-12)17(27,15(29)26-22)13-6-8-23-10-25-13/h1-2,5-8,10-11H,3-4,9,22H2,(H,26,29). The van der Waals surface area contributed by atoms with Crippen molar-refractivity contribution in [3.05, 3.63) is 54.4 Å². The van der Waals surface area contributed by atoms with Crippen LogP contribution in [0.25, 0.3) is 0 Å². The van der Waals surface area contributed by atoms with Gasteiger partial charge in [-0.1, -0.05) is 6.07 Å². The van der Waals surface area contributed by atoms with Gasteiger partial charge in [-0.3, -0.25) is 24.9 Å². The molecule has 0 aromatic carbocycles. The number of aromatic nitrogens is 3. The summed E-state index contributed by atoms with van der Waals surface area (Å²) in [5.41, 5.74) is -0.707. The lowest BCUT2D eigenvalue weighted by Gasteiger charge is -2.48. The van der Waals surface area contributed by atoms with E-state index in [1.807, 2.05) is 5.43 Å². The van der Waals surface area contributed by atoms with E-state index in [-0.39, 0.29) is 30.8 Å². The second-order valence-corrected chi connectivity index (χ2v) is 6.57. The minimum absolute atomic E-state index is 0.0400. The van der Waals surface area contributed by atoms with Crippen molar-refractivity contribution in [2.45, 2.75) is 24.7 Å². The Kier molecular flexibility index (Phi) is 6.15. The number of alkyl halides is 3. The number of piperidine rings is 1. The molecule has 2 unspecified atom stereocenters. The van der Waals surface area contributed by atoms with Gasteiger partial charge in [0, 0.05) is 18.9 Å². The van der Waals surface area contributed by atoms with Crippen LogP contribution in [-0.2, 0) is 15.1 Å². The first-order valence-corrected chi connectivity index (χ1v) is 9.02. The summed E-state index contributed by atoms with van der Waals surface area (Å²) in [7, 11) is 0. The van der Waals surface area contributed by atoms with Crippen LogP contribution >= 0.6 is 0 Å². The van der Waals surface area contributed by atoms with Crippen LogP contribution in [0.2, 0.25) is 0 Å². The quantitative estimate of drug-likeness (QED) is 0.315. The Morgan fingerprint density at radius 3 is 2.55 bits per heavy atom. The predicted octanol–water partition coefficient (Wildman–Crippen LogP) is 1.31. The average Bonchev–Trinajstić information content (AvgIpc) is 2.77. The summed E-state index contributed by atoms with van der Waals surface area (Å²) in [6, 6.07) is 5.70. The highest BCUT2D eigenvalue weighted by atomic mass is 19.4. The number of halogens is 3. The molecule has 0 bridgehead atoms. The van der Waals surface area contributed by atoms with Crippen LogP contribution in [0.4, 0.5) is 18.0 Å². The van der Waals surface area contributed by atoms with Crippen molar-refractivity contribution < 1.29 is 32.3 Å². The van der Waals surface area contributed by atoms with Crippen LogP contribution in [0.1, 0.15) is 29.0 Å². The summed E-state index contributed by atoms with van der Waals surface area (Å²) in [5, 5.41) is 0. The van der Waals surface area contributed by atoms with Gasteiger partial charge in [0.15, 0.2) is 11.3 Å². The number of rotatable bonds is 4. The highest BCUT2D eigenvalue weighted by Gasteiger charge is 2.60. The van der Waals surface area contributed by atoms with Crippen LogP contribution in [-0.4, -0.2) is 50.5 Å². The Morgan fingerprint density at radius 1 is 1.19 bits per heavy atom. The third-order valence-corrected chi connectivity index (χ3v) is 4.91. The van der Waals surface area contributed by atoms with Crippen molar-refractivity contribution in [3.8, 4) is 0 Å². The van der Waals surface area contributed by atoms with Crippen molar-refractivity contribution in [2.24, 2.45) is 11.8 Å². The van der Waals surface area contributed by atoms with Crippen LogP contribution in [0, 0.1) is 5.92 Å². The Balaban J connectivity index is 2.22. The summed E-state index contributed by atoms with van der Waals surface area (Å²) in [6.45, 7) is -0.321. The summed E-state index contributed by atoms with van der Waals surface area (Å²) in [4.78, 5) is 51.2. The predicted molar refractivity (Wildman–Crippen MR) is 96.6 cm³/mol. The zero-order valence-electron chi connectivity index (χ0n) is 15.9. The van der Waals surface area contributed by atoms with Crippen molar-refractivity contribution in [1.82, 2.24) is 25.3 Å². The topological polar surface area (TPSA) is 140 Å². The van der Waals surface area contributed by atoms with Gasteiger partial charge in [-0.2, -0.15) is 0 Å². The minimum Gasteiger partial charge on any atom is -0.356 e. The molecule has 2 amide bonds. The van der Waals surface area contributed by atoms with E-state index in [9.17, 15) is 27.6 Å². The van der Waals surface area contributed by atoms with Crippen LogP contribution in [0.5, 0.6) is 0 Å². The normalized spacial score (nSPS) is 21.3. The molecule has 1 aliphatic rings. The van der Waals surface area contributed by atoms with Gasteiger partial charge >= 0.3 is 12.5 Å². The molecular weight excluding hydrogens is 421 g/mol. The molecule has 2 aromatic rings. The number of likely N-dealkylation sites (tertiary alicyclic amines) is 1. The zero-order valence-corrected chi connectivity index (χ0v) is 15.9. The fourth-order valence-corrected chi connectivity index (χ4v) is 3.76. The molecular formula is C18H17F3N6O4. The molecule has 31 heavy (non-hydrogen) atoms. The molecule has 2 aromatic heterocycles. The molecule has 3 N–H and O–H groups in total. The molecule has 10 nitrogen and oxygen atoms in total. The largest absolute Gasteiger partial charge is 0.576 e. The van der Waals surface area contributed by atoms with Crippen LogP contribution in [0.15, 0.2) is 43.0 Å².